The maximum Gasteiger partial charge on any atom is 0.257 e. The van der Waals surface area contributed by atoms with Crippen molar-refractivity contribution in [2.75, 3.05) is 10.6 Å². The van der Waals surface area contributed by atoms with Crippen LogP contribution in [0.15, 0.2) is 42.0 Å². The van der Waals surface area contributed by atoms with Gasteiger partial charge in [-0.25, -0.2) is 4.98 Å². The Morgan fingerprint density at radius 3 is 2.39 bits per heavy atom. The number of anilines is 2. The molecule has 1 aliphatic carbocycles. The number of aromatic nitrogens is 2. The van der Waals surface area contributed by atoms with E-state index in [0.717, 1.165) is 40.9 Å². The van der Waals surface area contributed by atoms with Crippen molar-refractivity contribution in [3.63, 3.8) is 0 Å². The normalized spacial score (nSPS) is 13.2. The summed E-state index contributed by atoms with van der Waals surface area (Å²) in [5, 5.41) is 8.30. The van der Waals surface area contributed by atoms with Crippen LogP contribution in [0.4, 0.5) is 10.8 Å². The van der Waals surface area contributed by atoms with Crippen LogP contribution in [0.2, 0.25) is 0 Å². The van der Waals surface area contributed by atoms with Crippen molar-refractivity contribution in [2.45, 2.75) is 26.7 Å². The third-order valence-electron chi connectivity index (χ3n) is 4.67. The van der Waals surface area contributed by atoms with Crippen LogP contribution in [0.5, 0.6) is 0 Å². The topological polar surface area (TPSA) is 84.0 Å². The SMILES string of the molecule is Cc1cc(NC(=O)C2CC2)cc(C)c1-c1csc(NC(=O)c2ccncc2)n1. The molecule has 4 rings (SSSR count). The second-order valence-electron chi connectivity index (χ2n) is 6.98. The highest BCUT2D eigenvalue weighted by atomic mass is 32.1. The Bertz CT molecular complexity index is 1020. The summed E-state index contributed by atoms with van der Waals surface area (Å²) in [5.41, 5.74) is 5.24. The van der Waals surface area contributed by atoms with Gasteiger partial charge in [0.1, 0.15) is 0 Å². The number of nitrogens with one attached hydrogen (secondary N) is 2. The number of thiazole rings is 1. The molecular formula is C21H20N4O2S. The quantitative estimate of drug-likeness (QED) is 0.673. The molecule has 0 atom stereocenters. The van der Waals surface area contributed by atoms with Crippen LogP contribution >= 0.6 is 11.3 Å². The van der Waals surface area contributed by atoms with E-state index in [1.165, 1.54) is 11.3 Å². The number of hydrogen-bond donors (Lipinski definition) is 2. The van der Waals surface area contributed by atoms with Gasteiger partial charge in [-0.15, -0.1) is 11.3 Å². The average molecular weight is 392 g/mol. The Morgan fingerprint density at radius 1 is 1.07 bits per heavy atom. The minimum atomic E-state index is -0.213. The number of amides is 2. The summed E-state index contributed by atoms with van der Waals surface area (Å²) in [4.78, 5) is 32.8. The molecule has 0 bridgehead atoms. The summed E-state index contributed by atoms with van der Waals surface area (Å²) in [5.74, 6) is 0.0570. The van der Waals surface area contributed by atoms with Gasteiger partial charge < -0.3 is 5.32 Å². The van der Waals surface area contributed by atoms with E-state index in [1.54, 1.807) is 24.5 Å². The molecule has 0 saturated heterocycles. The Morgan fingerprint density at radius 2 is 1.75 bits per heavy atom. The lowest BCUT2D eigenvalue weighted by molar-refractivity contribution is -0.117. The number of nitrogens with zero attached hydrogens (tertiary/aromatic N) is 2. The Balaban J connectivity index is 1.53. The van der Waals surface area contributed by atoms with Gasteiger partial charge in [-0.3, -0.25) is 19.9 Å². The first-order chi connectivity index (χ1) is 13.5. The Labute approximate surface area is 167 Å². The molecule has 7 heteroatoms. The number of benzene rings is 1. The van der Waals surface area contributed by atoms with Crippen LogP contribution in [0, 0.1) is 19.8 Å². The summed E-state index contributed by atoms with van der Waals surface area (Å²) in [7, 11) is 0. The lowest BCUT2D eigenvalue weighted by Crippen LogP contribution is -2.13. The molecule has 2 heterocycles. The molecular weight excluding hydrogens is 372 g/mol. The molecule has 1 aromatic carbocycles. The van der Waals surface area contributed by atoms with E-state index in [0.29, 0.717) is 10.7 Å². The molecule has 0 aliphatic heterocycles. The van der Waals surface area contributed by atoms with E-state index in [2.05, 4.69) is 20.6 Å². The second kappa shape index (κ2) is 7.52. The lowest BCUT2D eigenvalue weighted by atomic mass is 9.99. The molecule has 3 aromatic rings. The predicted molar refractivity (Wildman–Crippen MR) is 111 cm³/mol. The third kappa shape index (κ3) is 3.94. The largest absolute Gasteiger partial charge is 0.326 e. The first-order valence-electron chi connectivity index (χ1n) is 9.10. The van der Waals surface area contributed by atoms with Gasteiger partial charge in [0.05, 0.1) is 5.69 Å². The summed E-state index contributed by atoms with van der Waals surface area (Å²) in [6.07, 6.45) is 5.13. The molecule has 28 heavy (non-hydrogen) atoms. The summed E-state index contributed by atoms with van der Waals surface area (Å²) in [6.45, 7) is 4.01. The van der Waals surface area contributed by atoms with Gasteiger partial charge in [0, 0.05) is 40.5 Å². The number of carbonyl (C=O) groups excluding carboxylic acids is 2. The second-order valence-corrected chi connectivity index (χ2v) is 7.83. The minimum Gasteiger partial charge on any atom is -0.326 e. The van der Waals surface area contributed by atoms with Gasteiger partial charge in [0.15, 0.2) is 5.13 Å². The molecule has 2 aromatic heterocycles. The highest BCUT2D eigenvalue weighted by molar-refractivity contribution is 7.14. The van der Waals surface area contributed by atoms with Crippen molar-refractivity contribution in [2.24, 2.45) is 5.92 Å². The van der Waals surface area contributed by atoms with E-state index < -0.39 is 0 Å². The third-order valence-corrected chi connectivity index (χ3v) is 5.43. The number of hydrogen-bond acceptors (Lipinski definition) is 5. The van der Waals surface area contributed by atoms with Gasteiger partial charge in [0.2, 0.25) is 5.91 Å². The van der Waals surface area contributed by atoms with Crippen molar-refractivity contribution in [3.8, 4) is 11.3 Å². The van der Waals surface area contributed by atoms with Crippen molar-refractivity contribution in [3.05, 3.63) is 58.7 Å². The minimum absolute atomic E-state index is 0.0984. The van der Waals surface area contributed by atoms with Gasteiger partial charge in [-0.05, 0) is 62.1 Å². The van der Waals surface area contributed by atoms with Crippen LogP contribution in [0.25, 0.3) is 11.3 Å². The maximum absolute atomic E-state index is 12.3. The molecule has 1 fully saturated rings. The monoisotopic (exact) mass is 392 g/mol. The standard InChI is InChI=1S/C21H20N4O2S/c1-12-9-16(23-19(26)14-3-4-14)10-13(2)18(12)17-11-28-21(24-17)25-20(27)15-5-7-22-8-6-15/h5-11,14H,3-4H2,1-2H3,(H,23,26)(H,24,25,27). The zero-order valence-electron chi connectivity index (χ0n) is 15.7. The number of carbonyl (C=O) groups is 2. The van der Waals surface area contributed by atoms with Crippen LogP contribution in [-0.4, -0.2) is 21.8 Å². The van der Waals surface area contributed by atoms with Crippen LogP contribution < -0.4 is 10.6 Å². The molecule has 6 nitrogen and oxygen atoms in total. The molecule has 142 valence electrons. The maximum atomic E-state index is 12.3. The highest BCUT2D eigenvalue weighted by Gasteiger charge is 2.29. The molecule has 1 aliphatic rings. The number of pyridine rings is 1. The van der Waals surface area contributed by atoms with Crippen LogP contribution in [0.3, 0.4) is 0 Å². The average Bonchev–Trinajstić information content (AvgIpc) is 3.43. The number of rotatable bonds is 5. The summed E-state index contributed by atoms with van der Waals surface area (Å²) in [6, 6.07) is 7.26. The smallest absolute Gasteiger partial charge is 0.257 e. The molecule has 1 saturated carbocycles. The fourth-order valence-electron chi connectivity index (χ4n) is 3.15. The number of aryl methyl sites for hydroxylation is 2. The first kappa shape index (κ1) is 18.3. The first-order valence-corrected chi connectivity index (χ1v) is 9.98. The van der Waals surface area contributed by atoms with Crippen molar-refractivity contribution < 1.29 is 9.59 Å². The predicted octanol–water partition coefficient (Wildman–Crippen LogP) is 4.42. The fraction of sp³-hybridized carbons (Fsp3) is 0.238. The molecule has 0 spiro atoms. The Hall–Kier alpha value is -3.06. The van der Waals surface area contributed by atoms with Crippen LogP contribution in [0.1, 0.15) is 34.3 Å². The molecule has 2 N–H and O–H groups in total. The van der Waals surface area contributed by atoms with E-state index in [4.69, 9.17) is 0 Å². The zero-order chi connectivity index (χ0) is 19.7. The van der Waals surface area contributed by atoms with Crippen molar-refractivity contribution in [1.29, 1.82) is 0 Å². The van der Waals surface area contributed by atoms with Crippen molar-refractivity contribution >= 4 is 34.0 Å². The molecule has 0 radical (unpaired) electrons. The Kier molecular flexibility index (Phi) is 4.92. The van der Waals surface area contributed by atoms with Gasteiger partial charge in [-0.2, -0.15) is 0 Å². The lowest BCUT2D eigenvalue weighted by Gasteiger charge is -2.12. The van der Waals surface area contributed by atoms with E-state index in [1.807, 2.05) is 31.4 Å². The summed E-state index contributed by atoms with van der Waals surface area (Å²) >= 11 is 1.38. The molecule has 0 unspecified atom stereocenters. The van der Waals surface area contributed by atoms with Gasteiger partial charge >= 0.3 is 0 Å². The van der Waals surface area contributed by atoms with Crippen LogP contribution in [-0.2, 0) is 4.79 Å². The van der Waals surface area contributed by atoms with E-state index in [-0.39, 0.29) is 17.7 Å². The fourth-order valence-corrected chi connectivity index (χ4v) is 3.84. The van der Waals surface area contributed by atoms with Gasteiger partial charge in [0.25, 0.3) is 5.91 Å². The van der Waals surface area contributed by atoms with Crippen molar-refractivity contribution in [1.82, 2.24) is 9.97 Å². The molecule has 2 amide bonds. The zero-order valence-corrected chi connectivity index (χ0v) is 16.5. The van der Waals surface area contributed by atoms with E-state index in [9.17, 15) is 9.59 Å². The summed E-state index contributed by atoms with van der Waals surface area (Å²) < 4.78 is 0. The highest BCUT2D eigenvalue weighted by Crippen LogP contribution is 2.34. The van der Waals surface area contributed by atoms with E-state index >= 15 is 0 Å². The van der Waals surface area contributed by atoms with Gasteiger partial charge in [-0.1, -0.05) is 0 Å².